The predicted molar refractivity (Wildman–Crippen MR) is 94.2 cm³/mol. The van der Waals surface area contributed by atoms with Crippen LogP contribution in [-0.2, 0) is 5.41 Å². The van der Waals surface area contributed by atoms with Crippen molar-refractivity contribution in [3.8, 4) is 6.07 Å². The fourth-order valence-electron chi connectivity index (χ4n) is 3.32. The van der Waals surface area contributed by atoms with Crippen molar-refractivity contribution in [2.75, 3.05) is 18.0 Å². The van der Waals surface area contributed by atoms with Crippen LogP contribution in [0.1, 0.15) is 18.4 Å². The van der Waals surface area contributed by atoms with Gasteiger partial charge in [0.25, 0.3) is 6.01 Å². The Bertz CT molecular complexity index is 905. The van der Waals surface area contributed by atoms with Gasteiger partial charge in [0, 0.05) is 24.2 Å². The summed E-state index contributed by atoms with van der Waals surface area (Å²) in [5, 5.41) is 10.4. The van der Waals surface area contributed by atoms with Crippen LogP contribution in [-0.4, -0.2) is 18.1 Å². The molecule has 2 heterocycles. The molecule has 0 saturated carbocycles. The Morgan fingerprint density at radius 3 is 2.58 bits per heavy atom. The van der Waals surface area contributed by atoms with E-state index in [0.717, 1.165) is 37.0 Å². The van der Waals surface area contributed by atoms with E-state index < -0.39 is 5.41 Å². The molecule has 0 bridgehead atoms. The molecule has 1 fully saturated rings. The molecule has 120 valence electrons. The molecule has 0 unspecified atom stereocenters. The minimum absolute atomic E-state index is 0.424. The fourth-order valence-corrected chi connectivity index (χ4v) is 3.49. The SMILES string of the molecule is N#CC1(c2ccccc2)CCN(c2nc3ccc(Cl)cc3o2)CC1. The van der Waals surface area contributed by atoms with Gasteiger partial charge in [-0.05, 0) is 30.5 Å². The smallest absolute Gasteiger partial charge is 0.298 e. The number of aromatic nitrogens is 1. The normalized spacial score (nSPS) is 16.9. The lowest BCUT2D eigenvalue weighted by Gasteiger charge is -2.36. The summed E-state index contributed by atoms with van der Waals surface area (Å²) in [6, 6.07) is 18.6. The summed E-state index contributed by atoms with van der Waals surface area (Å²) in [6.45, 7) is 1.48. The van der Waals surface area contributed by atoms with Gasteiger partial charge in [0.15, 0.2) is 5.58 Å². The molecule has 0 radical (unpaired) electrons. The molecule has 5 heteroatoms. The largest absolute Gasteiger partial charge is 0.423 e. The Kier molecular flexibility index (Phi) is 3.66. The maximum absolute atomic E-state index is 9.77. The van der Waals surface area contributed by atoms with Crippen LogP contribution in [0.4, 0.5) is 6.01 Å². The zero-order valence-corrected chi connectivity index (χ0v) is 13.8. The van der Waals surface area contributed by atoms with Gasteiger partial charge in [-0.25, -0.2) is 0 Å². The first-order valence-corrected chi connectivity index (χ1v) is 8.36. The van der Waals surface area contributed by atoms with Crippen LogP contribution in [0, 0.1) is 11.3 Å². The first kappa shape index (κ1) is 15.0. The van der Waals surface area contributed by atoms with Gasteiger partial charge in [-0.15, -0.1) is 0 Å². The van der Waals surface area contributed by atoms with Crippen molar-refractivity contribution in [3.05, 3.63) is 59.1 Å². The van der Waals surface area contributed by atoms with Gasteiger partial charge in [0.1, 0.15) is 5.52 Å². The van der Waals surface area contributed by atoms with Crippen LogP contribution in [0.3, 0.4) is 0 Å². The number of hydrogen-bond donors (Lipinski definition) is 0. The molecule has 2 aromatic carbocycles. The molecule has 4 nitrogen and oxygen atoms in total. The minimum atomic E-state index is -0.424. The van der Waals surface area contributed by atoms with Crippen molar-refractivity contribution in [1.29, 1.82) is 5.26 Å². The van der Waals surface area contributed by atoms with Crippen LogP contribution >= 0.6 is 11.6 Å². The number of fused-ring (bicyclic) bond motifs is 1. The zero-order valence-electron chi connectivity index (χ0n) is 13.1. The van der Waals surface area contributed by atoms with Gasteiger partial charge < -0.3 is 9.32 Å². The molecule has 4 rings (SSSR count). The van der Waals surface area contributed by atoms with Crippen molar-refractivity contribution in [2.24, 2.45) is 0 Å². The molecule has 0 atom stereocenters. The quantitative estimate of drug-likeness (QED) is 0.688. The van der Waals surface area contributed by atoms with E-state index in [1.165, 1.54) is 0 Å². The number of oxazole rings is 1. The Hall–Kier alpha value is -2.51. The van der Waals surface area contributed by atoms with E-state index in [1.807, 2.05) is 42.5 Å². The Morgan fingerprint density at radius 2 is 1.88 bits per heavy atom. The van der Waals surface area contributed by atoms with Crippen LogP contribution in [0.15, 0.2) is 52.9 Å². The van der Waals surface area contributed by atoms with Crippen molar-refractivity contribution >= 4 is 28.7 Å². The van der Waals surface area contributed by atoms with E-state index in [2.05, 4.69) is 16.0 Å². The summed E-state index contributed by atoms with van der Waals surface area (Å²) in [5.74, 6) is 0. The van der Waals surface area contributed by atoms with Gasteiger partial charge in [-0.3, -0.25) is 0 Å². The lowest BCUT2D eigenvalue weighted by atomic mass is 9.74. The number of benzene rings is 2. The summed E-state index contributed by atoms with van der Waals surface area (Å²) >= 11 is 6.00. The van der Waals surface area contributed by atoms with Crippen molar-refractivity contribution in [1.82, 2.24) is 4.98 Å². The molecule has 24 heavy (non-hydrogen) atoms. The molecule has 1 saturated heterocycles. The highest BCUT2D eigenvalue weighted by molar-refractivity contribution is 6.31. The lowest BCUT2D eigenvalue weighted by molar-refractivity contribution is 0.398. The van der Waals surface area contributed by atoms with E-state index in [9.17, 15) is 5.26 Å². The molecule has 1 aliphatic rings. The number of rotatable bonds is 2. The minimum Gasteiger partial charge on any atom is -0.423 e. The lowest BCUT2D eigenvalue weighted by Crippen LogP contribution is -2.42. The maximum atomic E-state index is 9.77. The van der Waals surface area contributed by atoms with Gasteiger partial charge >= 0.3 is 0 Å². The summed E-state index contributed by atoms with van der Waals surface area (Å²) in [5.41, 5.74) is 2.16. The highest BCUT2D eigenvalue weighted by atomic mass is 35.5. The number of nitrogens with zero attached hydrogens (tertiary/aromatic N) is 3. The third-order valence-corrected chi connectivity index (χ3v) is 5.00. The van der Waals surface area contributed by atoms with Gasteiger partial charge in [0.2, 0.25) is 0 Å². The van der Waals surface area contributed by atoms with Crippen LogP contribution in [0.5, 0.6) is 0 Å². The van der Waals surface area contributed by atoms with Gasteiger partial charge in [0.05, 0.1) is 11.5 Å². The Morgan fingerprint density at radius 1 is 1.12 bits per heavy atom. The number of anilines is 1. The summed E-state index contributed by atoms with van der Waals surface area (Å²) in [4.78, 5) is 6.65. The summed E-state index contributed by atoms with van der Waals surface area (Å²) < 4.78 is 5.84. The molecule has 1 aromatic heterocycles. The zero-order chi connectivity index (χ0) is 16.6. The van der Waals surface area contributed by atoms with E-state index >= 15 is 0 Å². The molecule has 1 aliphatic heterocycles. The third kappa shape index (κ3) is 2.51. The molecule has 0 aliphatic carbocycles. The maximum Gasteiger partial charge on any atom is 0.298 e. The van der Waals surface area contributed by atoms with Crippen LogP contribution < -0.4 is 4.90 Å². The Balaban J connectivity index is 1.58. The fraction of sp³-hybridized carbons (Fsp3) is 0.263. The van der Waals surface area contributed by atoms with Crippen molar-refractivity contribution in [2.45, 2.75) is 18.3 Å². The topological polar surface area (TPSA) is 53.1 Å². The molecular weight excluding hydrogens is 322 g/mol. The number of hydrogen-bond acceptors (Lipinski definition) is 4. The molecule has 0 N–H and O–H groups in total. The Labute approximate surface area is 145 Å². The summed E-state index contributed by atoms with van der Waals surface area (Å²) in [6.07, 6.45) is 1.51. The number of halogens is 1. The van der Waals surface area contributed by atoms with E-state index in [-0.39, 0.29) is 0 Å². The molecule has 0 amide bonds. The molecular formula is C19H16ClN3O. The second kappa shape index (κ2) is 5.85. The molecule has 3 aromatic rings. The molecule has 0 spiro atoms. The van der Waals surface area contributed by atoms with Crippen LogP contribution in [0.2, 0.25) is 5.02 Å². The second-order valence-corrected chi connectivity index (χ2v) is 6.59. The third-order valence-electron chi connectivity index (χ3n) is 4.77. The van der Waals surface area contributed by atoms with Crippen molar-refractivity contribution < 1.29 is 4.42 Å². The standard InChI is InChI=1S/C19H16ClN3O/c20-15-6-7-16-17(12-15)24-18(22-16)23-10-8-19(13-21,9-11-23)14-4-2-1-3-5-14/h1-7,12H,8-11H2. The average molecular weight is 338 g/mol. The van der Waals surface area contributed by atoms with Crippen LogP contribution in [0.25, 0.3) is 11.1 Å². The van der Waals surface area contributed by atoms with Gasteiger partial charge in [-0.2, -0.15) is 10.2 Å². The first-order chi connectivity index (χ1) is 11.7. The highest BCUT2D eigenvalue weighted by Crippen LogP contribution is 2.36. The predicted octanol–water partition coefficient (Wildman–Crippen LogP) is 4.54. The number of piperidine rings is 1. The second-order valence-electron chi connectivity index (χ2n) is 6.16. The van der Waals surface area contributed by atoms with E-state index in [0.29, 0.717) is 16.6 Å². The summed E-state index contributed by atoms with van der Waals surface area (Å²) in [7, 11) is 0. The van der Waals surface area contributed by atoms with Gasteiger partial charge in [-0.1, -0.05) is 41.9 Å². The van der Waals surface area contributed by atoms with Crippen molar-refractivity contribution in [3.63, 3.8) is 0 Å². The number of nitriles is 1. The highest BCUT2D eigenvalue weighted by Gasteiger charge is 2.37. The first-order valence-electron chi connectivity index (χ1n) is 7.98. The average Bonchev–Trinajstić information content (AvgIpc) is 3.05. The monoisotopic (exact) mass is 337 g/mol. The van der Waals surface area contributed by atoms with E-state index in [4.69, 9.17) is 16.0 Å². The van der Waals surface area contributed by atoms with E-state index in [1.54, 1.807) is 6.07 Å².